The van der Waals surface area contributed by atoms with Gasteiger partial charge in [-0.1, -0.05) is 82.0 Å². The molecule has 2 rings (SSSR count). The van der Waals surface area contributed by atoms with Crippen molar-refractivity contribution in [2.24, 2.45) is 0 Å². The van der Waals surface area contributed by atoms with Crippen LogP contribution < -0.4 is 0 Å². The molecule has 0 spiro atoms. The van der Waals surface area contributed by atoms with E-state index in [4.69, 9.17) is 0 Å². The summed E-state index contributed by atoms with van der Waals surface area (Å²) < 4.78 is 1.35. The first kappa shape index (κ1) is 11.3. The molecule has 0 amide bonds. The van der Waals surface area contributed by atoms with Gasteiger partial charge in [-0.05, 0) is 4.48 Å². The molecule has 0 aromatic heterocycles. The van der Waals surface area contributed by atoms with Crippen LogP contribution in [0.2, 0.25) is 11.6 Å². The number of rotatable bonds is 2. The fraction of sp³-hybridized carbons (Fsp3) is 0.818. The first-order chi connectivity index (χ1) is 6.81. The zero-order valence-electron chi connectivity index (χ0n) is 8.52. The molecule has 0 atom stereocenters. The van der Waals surface area contributed by atoms with Crippen LogP contribution in [-0.4, -0.2) is 12.0 Å². The molecule has 2 heterocycles. The fourth-order valence-electron chi connectivity index (χ4n) is 3.25. The average molecular weight is 320 g/mol. The smallest absolute Gasteiger partial charge is 0.104 e. The van der Waals surface area contributed by atoms with Crippen LogP contribution in [0, 0.1) is 0 Å². The standard InChI is InChI=1S/C11H17BBr2/c13-8-11(14)7-12-9-3-1-4-10(12)6-2-5-9/h7,9-10H,1-6,8H2/b11-7-. The van der Waals surface area contributed by atoms with Crippen molar-refractivity contribution in [1.29, 1.82) is 0 Å². The van der Waals surface area contributed by atoms with Crippen LogP contribution in [-0.2, 0) is 0 Å². The SMILES string of the molecule is BrC/C(Br)=C/B1C2CCCC1CCC2. The number of hydrogen-bond donors (Lipinski definition) is 0. The van der Waals surface area contributed by atoms with E-state index in [1.54, 1.807) is 0 Å². The first-order valence-corrected chi connectivity index (χ1v) is 7.65. The molecule has 0 aliphatic carbocycles. The molecular weight excluding hydrogens is 303 g/mol. The summed E-state index contributed by atoms with van der Waals surface area (Å²) in [4.78, 5) is 0. The molecule has 2 aliphatic rings. The molecule has 0 radical (unpaired) electrons. The van der Waals surface area contributed by atoms with Crippen molar-refractivity contribution in [1.82, 2.24) is 0 Å². The molecule has 2 fully saturated rings. The molecule has 2 aliphatic heterocycles. The Morgan fingerprint density at radius 1 is 1.14 bits per heavy atom. The van der Waals surface area contributed by atoms with Crippen LogP contribution in [0.4, 0.5) is 0 Å². The summed E-state index contributed by atoms with van der Waals surface area (Å²) in [7, 11) is 0. The molecule has 0 saturated carbocycles. The maximum atomic E-state index is 3.63. The van der Waals surface area contributed by atoms with E-state index in [9.17, 15) is 0 Å². The zero-order valence-corrected chi connectivity index (χ0v) is 11.7. The van der Waals surface area contributed by atoms with Crippen LogP contribution >= 0.6 is 31.9 Å². The number of halogens is 2. The molecule has 0 unspecified atom stereocenters. The number of fused-ring (bicyclic) bond motifs is 2. The molecule has 0 nitrogen and oxygen atoms in total. The minimum Gasteiger partial charge on any atom is -0.104 e. The van der Waals surface area contributed by atoms with Crippen molar-refractivity contribution in [3.05, 3.63) is 10.5 Å². The Morgan fingerprint density at radius 2 is 1.64 bits per heavy atom. The highest BCUT2D eigenvalue weighted by molar-refractivity contribution is 9.13. The lowest BCUT2D eigenvalue weighted by atomic mass is 9.27. The van der Waals surface area contributed by atoms with Crippen LogP contribution in [0.3, 0.4) is 0 Å². The molecule has 0 N–H and O–H groups in total. The number of allylic oxidation sites excluding steroid dienone is 1. The summed E-state index contributed by atoms with van der Waals surface area (Å²) in [6.45, 7) is 0.879. The summed E-state index contributed by atoms with van der Waals surface area (Å²) in [5.41, 5.74) is 0. The Bertz CT molecular complexity index is 205. The summed E-state index contributed by atoms with van der Waals surface area (Å²) in [6, 6.07) is 0. The van der Waals surface area contributed by atoms with E-state index in [1.165, 1.54) is 43.0 Å². The maximum Gasteiger partial charge on any atom is 0.173 e. The van der Waals surface area contributed by atoms with Crippen molar-refractivity contribution < 1.29 is 0 Å². The third-order valence-electron chi connectivity index (χ3n) is 3.89. The quantitative estimate of drug-likeness (QED) is 0.506. The highest BCUT2D eigenvalue weighted by Crippen LogP contribution is 2.47. The second-order valence-corrected chi connectivity index (χ2v) is 6.29. The van der Waals surface area contributed by atoms with Crippen molar-refractivity contribution in [2.75, 3.05) is 5.33 Å². The lowest BCUT2D eigenvalue weighted by molar-refractivity contribution is 0.447. The van der Waals surface area contributed by atoms with Gasteiger partial charge in [0.2, 0.25) is 0 Å². The summed E-state index contributed by atoms with van der Waals surface area (Å²) in [6.07, 6.45) is 8.85. The Morgan fingerprint density at radius 3 is 2.07 bits per heavy atom. The highest BCUT2D eigenvalue weighted by atomic mass is 79.9. The fourth-order valence-corrected chi connectivity index (χ4v) is 3.75. The number of hydrogen-bond acceptors (Lipinski definition) is 0. The van der Waals surface area contributed by atoms with Crippen LogP contribution in [0.5, 0.6) is 0 Å². The van der Waals surface area contributed by atoms with Crippen molar-refractivity contribution >= 4 is 38.6 Å². The summed E-state index contributed by atoms with van der Waals surface area (Å²) >= 11 is 7.14. The van der Waals surface area contributed by atoms with Gasteiger partial charge >= 0.3 is 0 Å². The first-order valence-electron chi connectivity index (χ1n) is 5.73. The van der Waals surface area contributed by atoms with Gasteiger partial charge in [0.1, 0.15) is 0 Å². The monoisotopic (exact) mass is 318 g/mol. The summed E-state index contributed by atoms with van der Waals surface area (Å²) in [5.74, 6) is 4.48. The van der Waals surface area contributed by atoms with Gasteiger partial charge in [0, 0.05) is 5.33 Å². The normalized spacial score (nSPS) is 33.3. The molecule has 2 saturated heterocycles. The van der Waals surface area contributed by atoms with E-state index in [2.05, 4.69) is 37.8 Å². The van der Waals surface area contributed by atoms with Crippen molar-refractivity contribution in [3.63, 3.8) is 0 Å². The second kappa shape index (κ2) is 5.20. The van der Waals surface area contributed by atoms with Gasteiger partial charge in [-0.2, -0.15) is 0 Å². The van der Waals surface area contributed by atoms with E-state index in [1.807, 2.05) is 0 Å². The topological polar surface area (TPSA) is 0 Å². The Balaban J connectivity index is 2.08. The zero-order chi connectivity index (χ0) is 9.97. The van der Waals surface area contributed by atoms with Gasteiger partial charge in [0.25, 0.3) is 0 Å². The minimum atomic E-state index is 0.879. The molecule has 3 heteroatoms. The van der Waals surface area contributed by atoms with E-state index >= 15 is 0 Å². The van der Waals surface area contributed by atoms with Crippen LogP contribution in [0.15, 0.2) is 10.5 Å². The van der Waals surface area contributed by atoms with Crippen LogP contribution in [0.25, 0.3) is 0 Å². The lowest BCUT2D eigenvalue weighted by Gasteiger charge is -2.39. The molecule has 2 bridgehead atoms. The lowest BCUT2D eigenvalue weighted by Crippen LogP contribution is -2.33. The molecule has 78 valence electrons. The van der Waals surface area contributed by atoms with Gasteiger partial charge in [-0.15, -0.1) is 5.98 Å². The third-order valence-corrected chi connectivity index (χ3v) is 5.79. The minimum absolute atomic E-state index is 0.879. The average Bonchev–Trinajstić information content (AvgIpc) is 2.17. The maximum absolute atomic E-state index is 3.63. The molecular formula is C11H17BBr2. The van der Waals surface area contributed by atoms with Gasteiger partial charge in [-0.3, -0.25) is 0 Å². The third kappa shape index (κ3) is 2.47. The Labute approximate surface area is 104 Å². The second-order valence-electron chi connectivity index (χ2n) is 4.71. The molecule has 14 heavy (non-hydrogen) atoms. The Kier molecular flexibility index (Phi) is 4.18. The predicted octanol–water partition coefficient (Wildman–Crippen LogP) is 4.80. The van der Waals surface area contributed by atoms with Gasteiger partial charge in [0.05, 0.1) is 0 Å². The van der Waals surface area contributed by atoms with Gasteiger partial charge in [-0.25, -0.2) is 0 Å². The molecule has 0 aromatic rings. The highest BCUT2D eigenvalue weighted by Gasteiger charge is 2.37. The van der Waals surface area contributed by atoms with E-state index < -0.39 is 0 Å². The van der Waals surface area contributed by atoms with Crippen molar-refractivity contribution in [2.45, 2.75) is 50.2 Å². The van der Waals surface area contributed by atoms with E-state index in [-0.39, 0.29) is 0 Å². The molecule has 0 aromatic carbocycles. The van der Waals surface area contributed by atoms with E-state index in [0.29, 0.717) is 0 Å². The Hall–Kier alpha value is 0.765. The van der Waals surface area contributed by atoms with E-state index in [0.717, 1.165) is 23.7 Å². The van der Waals surface area contributed by atoms with Crippen molar-refractivity contribution in [3.8, 4) is 0 Å². The number of alkyl halides is 1. The largest absolute Gasteiger partial charge is 0.173 e. The predicted molar refractivity (Wildman–Crippen MR) is 71.8 cm³/mol. The summed E-state index contributed by atoms with van der Waals surface area (Å²) in [5, 5.41) is 0.975. The van der Waals surface area contributed by atoms with Gasteiger partial charge < -0.3 is 0 Å². The van der Waals surface area contributed by atoms with Crippen LogP contribution in [0.1, 0.15) is 38.5 Å². The van der Waals surface area contributed by atoms with Gasteiger partial charge in [0.15, 0.2) is 6.71 Å².